The molecular weight excluding hydrogens is 354 g/mol. The molecule has 0 aromatic carbocycles. The molecule has 3 N–H and O–H groups in total. The van der Waals surface area contributed by atoms with Gasteiger partial charge in [-0.05, 0) is 24.3 Å². The molecule has 0 spiro atoms. The van der Waals surface area contributed by atoms with E-state index in [0.29, 0.717) is 5.71 Å². The monoisotopic (exact) mass is 369 g/mol. The number of hydrogen-bond acceptors (Lipinski definition) is 6. The number of aromatic carboxylic acids is 1. The lowest BCUT2D eigenvalue weighted by atomic mass is 9.90. The first-order chi connectivity index (χ1) is 12.8. The average molecular weight is 369 g/mol. The number of carbonyl (C=O) groups is 3. The molecule has 2 atom stereocenters. The molecule has 2 aliphatic heterocycles. The SMILES string of the molecule is O=C(O)C1=CC=NC(C2=NC(c3cc(C(=O)O)ccn3)=CC(C(=O)O)C2)C1. The fourth-order valence-corrected chi connectivity index (χ4v) is 2.86. The summed E-state index contributed by atoms with van der Waals surface area (Å²) >= 11 is 0. The minimum atomic E-state index is -1.14. The van der Waals surface area contributed by atoms with Crippen molar-refractivity contribution in [3.05, 3.63) is 47.3 Å². The van der Waals surface area contributed by atoms with E-state index in [1.165, 1.54) is 36.7 Å². The number of rotatable bonds is 5. The second-order valence-corrected chi connectivity index (χ2v) is 6.05. The first-order valence-corrected chi connectivity index (χ1v) is 8.02. The normalized spacial score (nSPS) is 21.7. The molecule has 138 valence electrons. The summed E-state index contributed by atoms with van der Waals surface area (Å²) in [7, 11) is 0. The Balaban J connectivity index is 1.97. The van der Waals surface area contributed by atoms with Crippen molar-refractivity contribution in [1.82, 2.24) is 4.98 Å². The van der Waals surface area contributed by atoms with Crippen LogP contribution in [-0.2, 0) is 9.59 Å². The standard InChI is InChI=1S/C18H15N3O6/c22-16(23)9-1-3-19-12(5-9)14-7-11(18(26)27)8-15(21-14)13-6-10(17(24)25)2-4-20-13/h1-5,7,11,13H,6,8H2,(H,22,23)(H,24,25)(H,26,27). The molecule has 1 aromatic rings. The van der Waals surface area contributed by atoms with Crippen LogP contribution in [-0.4, -0.2) is 56.2 Å². The molecule has 9 heteroatoms. The highest BCUT2D eigenvalue weighted by molar-refractivity contribution is 6.03. The Labute approximate surface area is 153 Å². The third-order valence-electron chi connectivity index (χ3n) is 4.25. The van der Waals surface area contributed by atoms with Gasteiger partial charge in [0.2, 0.25) is 0 Å². The van der Waals surface area contributed by atoms with Crippen molar-refractivity contribution in [3.63, 3.8) is 0 Å². The Morgan fingerprint density at radius 2 is 1.85 bits per heavy atom. The van der Waals surface area contributed by atoms with Crippen LogP contribution in [0.1, 0.15) is 28.9 Å². The van der Waals surface area contributed by atoms with Crippen molar-refractivity contribution in [2.24, 2.45) is 15.9 Å². The van der Waals surface area contributed by atoms with Gasteiger partial charge in [0.1, 0.15) is 0 Å². The summed E-state index contributed by atoms with van der Waals surface area (Å²) in [4.78, 5) is 46.7. The minimum Gasteiger partial charge on any atom is -0.481 e. The number of carboxylic acids is 3. The average Bonchev–Trinajstić information content (AvgIpc) is 2.67. The number of pyridine rings is 1. The number of nitrogens with zero attached hydrogens (tertiary/aromatic N) is 3. The van der Waals surface area contributed by atoms with Crippen molar-refractivity contribution >= 4 is 35.5 Å². The zero-order chi connectivity index (χ0) is 19.6. The van der Waals surface area contributed by atoms with Crippen molar-refractivity contribution in [2.75, 3.05) is 0 Å². The van der Waals surface area contributed by atoms with Gasteiger partial charge in [-0.15, -0.1) is 0 Å². The largest absolute Gasteiger partial charge is 0.481 e. The van der Waals surface area contributed by atoms with Gasteiger partial charge < -0.3 is 15.3 Å². The smallest absolute Gasteiger partial charge is 0.335 e. The Morgan fingerprint density at radius 1 is 1.07 bits per heavy atom. The number of carboxylic acid groups (broad SMARTS) is 3. The Kier molecular flexibility index (Phi) is 4.93. The fourth-order valence-electron chi connectivity index (χ4n) is 2.86. The number of hydrogen-bond donors (Lipinski definition) is 3. The molecule has 3 heterocycles. The maximum absolute atomic E-state index is 11.5. The highest BCUT2D eigenvalue weighted by Crippen LogP contribution is 2.28. The highest BCUT2D eigenvalue weighted by atomic mass is 16.4. The molecule has 0 saturated heterocycles. The first-order valence-electron chi connectivity index (χ1n) is 8.02. The number of aromatic nitrogens is 1. The second-order valence-electron chi connectivity index (χ2n) is 6.05. The van der Waals surface area contributed by atoms with Gasteiger partial charge in [0, 0.05) is 36.5 Å². The molecule has 9 nitrogen and oxygen atoms in total. The topological polar surface area (TPSA) is 150 Å². The third-order valence-corrected chi connectivity index (χ3v) is 4.25. The summed E-state index contributed by atoms with van der Waals surface area (Å²) in [6.45, 7) is 0. The molecule has 0 aliphatic carbocycles. The summed E-state index contributed by atoms with van der Waals surface area (Å²) in [6.07, 6.45) is 5.69. The molecule has 0 bridgehead atoms. The predicted octanol–water partition coefficient (Wildman–Crippen LogP) is 1.52. The van der Waals surface area contributed by atoms with Crippen LogP contribution in [0.2, 0.25) is 0 Å². The van der Waals surface area contributed by atoms with Crippen LogP contribution >= 0.6 is 0 Å². The van der Waals surface area contributed by atoms with E-state index in [-0.39, 0.29) is 35.4 Å². The van der Waals surface area contributed by atoms with Crippen molar-refractivity contribution in [3.8, 4) is 0 Å². The fraction of sp³-hybridized carbons (Fsp3) is 0.222. The first kappa shape index (κ1) is 18.2. The van der Waals surface area contributed by atoms with Gasteiger partial charge >= 0.3 is 17.9 Å². The maximum atomic E-state index is 11.5. The lowest BCUT2D eigenvalue weighted by Crippen LogP contribution is -2.29. The lowest BCUT2D eigenvalue weighted by molar-refractivity contribution is -0.140. The van der Waals surface area contributed by atoms with Gasteiger partial charge in [0.05, 0.1) is 28.9 Å². The third kappa shape index (κ3) is 3.97. The molecule has 3 rings (SSSR count). The molecule has 27 heavy (non-hydrogen) atoms. The molecule has 0 amide bonds. The summed E-state index contributed by atoms with van der Waals surface area (Å²) in [5, 5.41) is 27.7. The second kappa shape index (κ2) is 7.32. The lowest BCUT2D eigenvalue weighted by Gasteiger charge is -2.23. The highest BCUT2D eigenvalue weighted by Gasteiger charge is 2.30. The quantitative estimate of drug-likeness (QED) is 0.712. The van der Waals surface area contributed by atoms with Gasteiger partial charge in [-0.25, -0.2) is 9.59 Å². The maximum Gasteiger partial charge on any atom is 0.335 e. The van der Waals surface area contributed by atoms with Crippen molar-refractivity contribution in [2.45, 2.75) is 18.9 Å². The molecule has 2 aliphatic rings. The van der Waals surface area contributed by atoms with E-state index >= 15 is 0 Å². The van der Waals surface area contributed by atoms with Gasteiger partial charge in [-0.3, -0.25) is 19.8 Å². The van der Waals surface area contributed by atoms with Crippen LogP contribution in [0.15, 0.2) is 46.0 Å². The zero-order valence-corrected chi connectivity index (χ0v) is 13.9. The zero-order valence-electron chi connectivity index (χ0n) is 13.9. The van der Waals surface area contributed by atoms with E-state index in [1.807, 2.05) is 0 Å². The molecule has 0 fully saturated rings. The van der Waals surface area contributed by atoms with Crippen LogP contribution in [0.4, 0.5) is 0 Å². The van der Waals surface area contributed by atoms with E-state index in [1.54, 1.807) is 0 Å². The minimum absolute atomic E-state index is 0.00174. The van der Waals surface area contributed by atoms with Gasteiger partial charge in [-0.1, -0.05) is 0 Å². The summed E-state index contributed by atoms with van der Waals surface area (Å²) in [6, 6.07) is 2.05. The van der Waals surface area contributed by atoms with Gasteiger partial charge in [-0.2, -0.15) is 0 Å². The van der Waals surface area contributed by atoms with Crippen molar-refractivity contribution < 1.29 is 29.7 Å². The summed E-state index contributed by atoms with van der Waals surface area (Å²) < 4.78 is 0. The van der Waals surface area contributed by atoms with Crippen LogP contribution in [0.5, 0.6) is 0 Å². The van der Waals surface area contributed by atoms with Crippen molar-refractivity contribution in [1.29, 1.82) is 0 Å². The molecular formula is C18H15N3O6. The Hall–Kier alpha value is -3.62. The molecule has 1 aromatic heterocycles. The summed E-state index contributed by atoms with van der Waals surface area (Å²) in [5.74, 6) is -4.16. The number of aliphatic imine (C=N–C) groups is 2. The molecule has 2 unspecified atom stereocenters. The van der Waals surface area contributed by atoms with E-state index < -0.39 is 29.9 Å². The number of aliphatic carboxylic acids is 2. The molecule has 0 radical (unpaired) electrons. The van der Waals surface area contributed by atoms with Gasteiger partial charge in [0.15, 0.2) is 0 Å². The van der Waals surface area contributed by atoms with E-state index in [4.69, 9.17) is 10.2 Å². The van der Waals surface area contributed by atoms with Crippen LogP contribution in [0.3, 0.4) is 0 Å². The van der Waals surface area contributed by atoms with Crippen LogP contribution in [0.25, 0.3) is 5.70 Å². The van der Waals surface area contributed by atoms with E-state index in [2.05, 4.69) is 15.0 Å². The van der Waals surface area contributed by atoms with Crippen LogP contribution in [0, 0.1) is 5.92 Å². The van der Waals surface area contributed by atoms with Crippen LogP contribution < -0.4 is 0 Å². The summed E-state index contributed by atoms with van der Waals surface area (Å²) in [5.41, 5.74) is 1.04. The van der Waals surface area contributed by atoms with E-state index in [9.17, 15) is 19.5 Å². The predicted molar refractivity (Wildman–Crippen MR) is 95.0 cm³/mol. The Bertz CT molecular complexity index is 944. The number of dihydropyridines is 1. The molecule has 0 saturated carbocycles. The van der Waals surface area contributed by atoms with Gasteiger partial charge in [0.25, 0.3) is 0 Å². The van der Waals surface area contributed by atoms with E-state index in [0.717, 1.165) is 0 Å². The number of allylic oxidation sites excluding steroid dienone is 1. The Morgan fingerprint density at radius 3 is 2.52 bits per heavy atom.